The highest BCUT2D eigenvalue weighted by Crippen LogP contribution is 2.16. The summed E-state index contributed by atoms with van der Waals surface area (Å²) in [4.78, 5) is 0. The molecule has 0 saturated carbocycles. The molecule has 1 aromatic carbocycles. The van der Waals surface area contributed by atoms with Crippen molar-refractivity contribution in [2.24, 2.45) is 0 Å². The van der Waals surface area contributed by atoms with Crippen molar-refractivity contribution in [1.29, 1.82) is 0 Å². The van der Waals surface area contributed by atoms with Crippen LogP contribution in [-0.4, -0.2) is 0 Å². The zero-order valence-electron chi connectivity index (χ0n) is 10.2. The molecule has 0 radical (unpaired) electrons. The summed E-state index contributed by atoms with van der Waals surface area (Å²) in [7, 11) is 0. The summed E-state index contributed by atoms with van der Waals surface area (Å²) in [6, 6.07) is 8.48. The zero-order valence-corrected chi connectivity index (χ0v) is 10.2. The van der Waals surface area contributed by atoms with Gasteiger partial charge in [0.2, 0.25) is 0 Å². The first-order chi connectivity index (χ1) is 7.08. The van der Waals surface area contributed by atoms with Gasteiger partial charge >= 0.3 is 0 Å². The second-order valence-corrected chi connectivity index (χ2v) is 4.36. The minimum absolute atomic E-state index is 0. The van der Waals surface area contributed by atoms with Gasteiger partial charge in [0.1, 0.15) is 0 Å². The Morgan fingerprint density at radius 1 is 0.647 bits per heavy atom. The largest absolute Gasteiger partial charge is 0.0776 e. The average molecular weight is 232 g/mol. The van der Waals surface area contributed by atoms with Crippen molar-refractivity contribution in [3.63, 3.8) is 0 Å². The van der Waals surface area contributed by atoms with E-state index in [9.17, 15) is 0 Å². The highest BCUT2D eigenvalue weighted by atomic mass is 14.0. The Kier molecular flexibility index (Phi) is 9.36. The van der Waals surface area contributed by atoms with E-state index in [1.807, 2.05) is 0 Å². The van der Waals surface area contributed by atoms with Crippen molar-refractivity contribution in [2.75, 3.05) is 0 Å². The Bertz CT molecular complexity index is 327. The maximum Gasteiger partial charge on any atom is -0.0108 e. The van der Waals surface area contributed by atoms with E-state index in [1.54, 1.807) is 0 Å². The summed E-state index contributed by atoms with van der Waals surface area (Å²) >= 11 is 0. The Hall–Kier alpha value is -1.30. The van der Waals surface area contributed by atoms with E-state index in [0.717, 1.165) is 0 Å². The van der Waals surface area contributed by atoms with E-state index in [2.05, 4.69) is 64.1 Å². The monoisotopic (exact) mass is 232 g/mol. The summed E-state index contributed by atoms with van der Waals surface area (Å²) in [6.45, 7) is 8.51. The first-order valence-electron chi connectivity index (χ1n) is 5.44. The maximum atomic E-state index is 2.18. The average Bonchev–Trinajstić information content (AvgIpc) is 2.56. The molecule has 0 N–H and O–H groups in total. The van der Waals surface area contributed by atoms with Crippen LogP contribution in [0.5, 0.6) is 0 Å². The number of hydrogen-bond acceptors (Lipinski definition) is 0. The van der Waals surface area contributed by atoms with Crippen LogP contribution in [0.4, 0.5) is 0 Å². The lowest BCUT2D eigenvalue weighted by molar-refractivity contribution is 1.15. The molecule has 0 saturated heterocycles. The van der Waals surface area contributed by atoms with E-state index < -0.39 is 0 Å². The molecule has 0 aromatic heterocycles. The third-order valence-corrected chi connectivity index (χ3v) is 2.43. The van der Waals surface area contributed by atoms with Gasteiger partial charge in [0, 0.05) is 0 Å². The summed E-state index contributed by atoms with van der Waals surface area (Å²) in [5.41, 5.74) is 5.63. The summed E-state index contributed by atoms with van der Waals surface area (Å²) < 4.78 is 0. The van der Waals surface area contributed by atoms with Gasteiger partial charge in [0.05, 0.1) is 0 Å². The molecule has 0 fully saturated rings. The van der Waals surface area contributed by atoms with Gasteiger partial charge < -0.3 is 0 Å². The lowest BCUT2D eigenvalue weighted by atomic mass is 10.2. The van der Waals surface area contributed by atoms with Crippen LogP contribution in [0, 0.1) is 13.8 Å². The molecule has 1 aromatic rings. The van der Waals surface area contributed by atoms with Crippen LogP contribution in [0.1, 0.15) is 46.2 Å². The van der Waals surface area contributed by atoms with Gasteiger partial charge in [-0.15, -0.1) is 0 Å². The lowest BCUT2D eigenvalue weighted by Gasteiger charge is -1.90. The molecule has 0 atom stereocenters. The van der Waals surface area contributed by atoms with Crippen LogP contribution < -0.4 is 0 Å². The molecule has 0 amide bonds. The molecule has 1 aliphatic rings. The van der Waals surface area contributed by atoms with Crippen LogP contribution in [0.2, 0.25) is 0 Å². The molecule has 0 bridgehead atoms. The predicted octanol–water partition coefficient (Wildman–Crippen LogP) is 5.86. The highest BCUT2D eigenvalue weighted by Gasteiger charge is 1.95. The predicted molar refractivity (Wildman–Crippen MR) is 81.5 cm³/mol. The Labute approximate surface area is 108 Å². The summed E-state index contributed by atoms with van der Waals surface area (Å²) in [5.74, 6) is 0. The molecule has 0 heteroatoms. The quantitative estimate of drug-likeness (QED) is 0.525. The van der Waals surface area contributed by atoms with Gasteiger partial charge in [-0.3, -0.25) is 0 Å². The first-order valence-corrected chi connectivity index (χ1v) is 5.44. The Morgan fingerprint density at radius 2 is 0.941 bits per heavy atom. The molecule has 0 nitrogen and oxygen atoms in total. The second kappa shape index (κ2) is 8.81. The van der Waals surface area contributed by atoms with Crippen molar-refractivity contribution < 1.29 is 0 Å². The molecule has 96 valence electrons. The molecule has 17 heavy (non-hydrogen) atoms. The number of aryl methyl sites for hydroxylation is 2. The van der Waals surface area contributed by atoms with Gasteiger partial charge in [-0.05, 0) is 34.1 Å². The lowest BCUT2D eigenvalue weighted by Crippen LogP contribution is -1.70. The maximum absolute atomic E-state index is 2.18. The van der Waals surface area contributed by atoms with Crippen molar-refractivity contribution in [3.8, 4) is 0 Å². The fourth-order valence-electron chi connectivity index (χ4n) is 1.48. The van der Waals surface area contributed by atoms with Crippen LogP contribution in [0.25, 0.3) is 0 Å². The normalized spacial score (nSPS) is 12.2. The molecule has 2 rings (SSSR count). The van der Waals surface area contributed by atoms with Gasteiger partial charge in [0.25, 0.3) is 0 Å². The topological polar surface area (TPSA) is 0 Å². The third kappa shape index (κ3) is 7.57. The first kappa shape index (κ1) is 18.1. The molecule has 0 unspecified atom stereocenters. The van der Waals surface area contributed by atoms with Gasteiger partial charge in [-0.1, -0.05) is 73.5 Å². The fourth-order valence-corrected chi connectivity index (χ4v) is 1.48. The van der Waals surface area contributed by atoms with Gasteiger partial charge in [-0.2, -0.15) is 0 Å². The number of allylic oxidation sites excluding steroid dienone is 4. The van der Waals surface area contributed by atoms with Crippen LogP contribution in [0.3, 0.4) is 0 Å². The fraction of sp³-hybridized carbons (Fsp3) is 0.412. The standard InChI is InChI=1S/C8H10.C7H10.2CH4/c1-7-3-5-8(2)6-4-7;1-6-3-4-7(2)5-6;;/h3-6H,1-2H3;3-4H,5H2,1-2H3;2*1H4. The van der Waals surface area contributed by atoms with Crippen molar-refractivity contribution in [1.82, 2.24) is 0 Å². The SMILES string of the molecule is C.C.CC1=CC=C(C)C1.Cc1ccc(C)cc1. The highest BCUT2D eigenvalue weighted by molar-refractivity contribution is 5.27. The minimum atomic E-state index is 0. The summed E-state index contributed by atoms with van der Waals surface area (Å²) in [6.07, 6.45) is 5.55. The molecular formula is C17H28. The van der Waals surface area contributed by atoms with Gasteiger partial charge in [-0.25, -0.2) is 0 Å². The number of rotatable bonds is 0. The third-order valence-electron chi connectivity index (χ3n) is 2.43. The van der Waals surface area contributed by atoms with Gasteiger partial charge in [0.15, 0.2) is 0 Å². The molecule has 0 spiro atoms. The van der Waals surface area contributed by atoms with E-state index in [0.29, 0.717) is 0 Å². The second-order valence-electron chi connectivity index (χ2n) is 4.36. The zero-order chi connectivity index (χ0) is 11.3. The van der Waals surface area contributed by atoms with Crippen molar-refractivity contribution >= 4 is 0 Å². The van der Waals surface area contributed by atoms with Crippen molar-refractivity contribution in [3.05, 3.63) is 58.7 Å². The summed E-state index contributed by atoms with van der Waals surface area (Å²) in [5, 5.41) is 0. The van der Waals surface area contributed by atoms with E-state index in [1.165, 1.54) is 28.7 Å². The van der Waals surface area contributed by atoms with Crippen LogP contribution in [-0.2, 0) is 0 Å². The van der Waals surface area contributed by atoms with E-state index >= 15 is 0 Å². The molecule has 0 aliphatic heterocycles. The Balaban J connectivity index is 0. The van der Waals surface area contributed by atoms with E-state index in [-0.39, 0.29) is 14.9 Å². The smallest absolute Gasteiger partial charge is 0.0108 e. The van der Waals surface area contributed by atoms with Crippen LogP contribution >= 0.6 is 0 Å². The Morgan fingerprint density at radius 3 is 1.12 bits per heavy atom. The minimum Gasteiger partial charge on any atom is -0.0776 e. The van der Waals surface area contributed by atoms with E-state index in [4.69, 9.17) is 0 Å². The van der Waals surface area contributed by atoms with Crippen LogP contribution in [0.15, 0.2) is 47.6 Å². The molecule has 0 heterocycles. The molecule has 1 aliphatic carbocycles. The number of benzene rings is 1. The molecular weight excluding hydrogens is 204 g/mol. The number of hydrogen-bond donors (Lipinski definition) is 0. The van der Waals surface area contributed by atoms with Crippen molar-refractivity contribution in [2.45, 2.75) is 49.0 Å².